The molecule has 0 aromatic heterocycles. The molecule has 0 aromatic rings. The number of nitrogens with zero attached hydrogens (tertiary/aromatic N) is 1. The lowest BCUT2D eigenvalue weighted by molar-refractivity contribution is 0.175. The van der Waals surface area contributed by atoms with E-state index in [2.05, 4.69) is 28.9 Å². The Labute approximate surface area is 104 Å². The molecule has 3 fully saturated rings. The number of hydrogen-bond donors (Lipinski definition) is 1. The second kappa shape index (κ2) is 4.51. The standard InChI is InChI=1S/C13H24N2S/c1-13(5-2-8-16-13)10-15-7-6-14-12(9-15)11-3-4-11/h11-12,14H,2-10H2,1H3. The Balaban J connectivity index is 1.53. The van der Waals surface area contributed by atoms with Crippen molar-refractivity contribution in [1.82, 2.24) is 10.2 Å². The summed E-state index contributed by atoms with van der Waals surface area (Å²) in [7, 11) is 0. The van der Waals surface area contributed by atoms with Crippen molar-refractivity contribution in [2.45, 2.75) is 43.4 Å². The number of rotatable bonds is 3. The number of thioether (sulfide) groups is 1. The van der Waals surface area contributed by atoms with Gasteiger partial charge in [-0.15, -0.1) is 0 Å². The molecule has 0 amide bonds. The molecule has 2 aliphatic heterocycles. The minimum Gasteiger partial charge on any atom is -0.311 e. The molecule has 1 N–H and O–H groups in total. The molecular formula is C13H24N2S. The van der Waals surface area contributed by atoms with Gasteiger partial charge in [0.1, 0.15) is 0 Å². The first-order chi connectivity index (χ1) is 7.75. The molecule has 2 heterocycles. The average molecular weight is 240 g/mol. The molecule has 3 aliphatic rings. The summed E-state index contributed by atoms with van der Waals surface area (Å²) in [6.07, 6.45) is 5.80. The third-order valence-electron chi connectivity index (χ3n) is 4.34. The molecule has 2 unspecified atom stereocenters. The first kappa shape index (κ1) is 11.4. The van der Waals surface area contributed by atoms with Crippen LogP contribution in [0.15, 0.2) is 0 Å². The van der Waals surface area contributed by atoms with Gasteiger partial charge in [-0.3, -0.25) is 4.90 Å². The van der Waals surface area contributed by atoms with Crippen LogP contribution in [0.2, 0.25) is 0 Å². The fourth-order valence-electron chi connectivity index (χ4n) is 3.23. The topological polar surface area (TPSA) is 15.3 Å². The molecule has 0 aromatic carbocycles. The summed E-state index contributed by atoms with van der Waals surface area (Å²) in [5, 5.41) is 3.70. The predicted molar refractivity (Wildman–Crippen MR) is 71.1 cm³/mol. The number of piperazine rings is 1. The second-order valence-corrected chi connectivity index (χ2v) is 7.72. The largest absolute Gasteiger partial charge is 0.311 e. The molecule has 2 nitrogen and oxygen atoms in total. The van der Waals surface area contributed by atoms with E-state index in [9.17, 15) is 0 Å². The van der Waals surface area contributed by atoms with Gasteiger partial charge in [0, 0.05) is 37.0 Å². The second-order valence-electron chi connectivity index (χ2n) is 6.04. The van der Waals surface area contributed by atoms with Crippen molar-refractivity contribution in [3.63, 3.8) is 0 Å². The summed E-state index contributed by atoms with van der Waals surface area (Å²) >= 11 is 2.20. The molecule has 3 rings (SSSR count). The first-order valence-electron chi connectivity index (χ1n) is 6.85. The maximum Gasteiger partial charge on any atom is 0.0259 e. The highest BCUT2D eigenvalue weighted by Crippen LogP contribution is 2.39. The van der Waals surface area contributed by atoms with E-state index in [4.69, 9.17) is 0 Å². The van der Waals surface area contributed by atoms with E-state index in [1.165, 1.54) is 57.6 Å². The Morgan fingerprint density at radius 3 is 3.00 bits per heavy atom. The van der Waals surface area contributed by atoms with Crippen LogP contribution in [0.4, 0.5) is 0 Å². The highest BCUT2D eigenvalue weighted by atomic mass is 32.2. The van der Waals surface area contributed by atoms with E-state index in [0.717, 1.165) is 12.0 Å². The molecular weight excluding hydrogens is 216 g/mol. The summed E-state index contributed by atoms with van der Waals surface area (Å²) in [5.41, 5.74) is 0. The monoisotopic (exact) mass is 240 g/mol. The van der Waals surface area contributed by atoms with E-state index < -0.39 is 0 Å². The number of hydrogen-bond acceptors (Lipinski definition) is 3. The van der Waals surface area contributed by atoms with Crippen molar-refractivity contribution in [1.29, 1.82) is 0 Å². The molecule has 2 saturated heterocycles. The van der Waals surface area contributed by atoms with Crippen molar-refractivity contribution >= 4 is 11.8 Å². The third-order valence-corrected chi connectivity index (χ3v) is 5.86. The van der Waals surface area contributed by atoms with Gasteiger partial charge < -0.3 is 5.32 Å². The SMILES string of the molecule is CC1(CN2CCNC(C3CC3)C2)CCCS1. The van der Waals surface area contributed by atoms with Crippen LogP contribution in [-0.4, -0.2) is 47.6 Å². The molecule has 16 heavy (non-hydrogen) atoms. The smallest absolute Gasteiger partial charge is 0.0259 e. The van der Waals surface area contributed by atoms with Gasteiger partial charge in [-0.2, -0.15) is 11.8 Å². The van der Waals surface area contributed by atoms with Gasteiger partial charge >= 0.3 is 0 Å². The maximum atomic E-state index is 3.70. The van der Waals surface area contributed by atoms with Crippen LogP contribution in [0.25, 0.3) is 0 Å². The normalized spacial score (nSPS) is 41.4. The third kappa shape index (κ3) is 2.57. The Morgan fingerprint density at radius 2 is 2.31 bits per heavy atom. The highest BCUT2D eigenvalue weighted by Gasteiger charge is 2.37. The molecule has 1 saturated carbocycles. The van der Waals surface area contributed by atoms with E-state index in [-0.39, 0.29) is 0 Å². The lowest BCUT2D eigenvalue weighted by Gasteiger charge is -2.38. The Kier molecular flexibility index (Phi) is 3.20. The first-order valence-corrected chi connectivity index (χ1v) is 7.83. The van der Waals surface area contributed by atoms with Crippen LogP contribution < -0.4 is 5.32 Å². The van der Waals surface area contributed by atoms with Gasteiger partial charge in [0.15, 0.2) is 0 Å². The van der Waals surface area contributed by atoms with E-state index in [0.29, 0.717) is 4.75 Å². The molecule has 0 bridgehead atoms. The summed E-state index contributed by atoms with van der Waals surface area (Å²) in [6, 6.07) is 0.809. The molecule has 2 atom stereocenters. The molecule has 0 radical (unpaired) electrons. The van der Waals surface area contributed by atoms with Crippen LogP contribution in [0.1, 0.15) is 32.6 Å². The minimum absolute atomic E-state index is 0.561. The summed E-state index contributed by atoms with van der Waals surface area (Å²) in [4.78, 5) is 2.72. The van der Waals surface area contributed by atoms with Crippen molar-refractivity contribution in [2.75, 3.05) is 31.9 Å². The summed E-state index contributed by atoms with van der Waals surface area (Å²) < 4.78 is 0.561. The van der Waals surface area contributed by atoms with Crippen LogP contribution in [0.5, 0.6) is 0 Å². The van der Waals surface area contributed by atoms with Gasteiger partial charge in [0.05, 0.1) is 0 Å². The van der Waals surface area contributed by atoms with Crippen LogP contribution >= 0.6 is 11.8 Å². The van der Waals surface area contributed by atoms with Crippen molar-refractivity contribution in [3.05, 3.63) is 0 Å². The van der Waals surface area contributed by atoms with Crippen LogP contribution in [0.3, 0.4) is 0 Å². The van der Waals surface area contributed by atoms with Gasteiger partial charge in [-0.1, -0.05) is 0 Å². The lowest BCUT2D eigenvalue weighted by Crippen LogP contribution is -2.54. The Bertz CT molecular complexity index is 246. The van der Waals surface area contributed by atoms with Crippen molar-refractivity contribution in [3.8, 4) is 0 Å². The van der Waals surface area contributed by atoms with E-state index >= 15 is 0 Å². The van der Waals surface area contributed by atoms with E-state index in [1.807, 2.05) is 0 Å². The van der Waals surface area contributed by atoms with Gasteiger partial charge in [-0.05, 0) is 44.3 Å². The Morgan fingerprint density at radius 1 is 1.44 bits per heavy atom. The van der Waals surface area contributed by atoms with Crippen LogP contribution in [-0.2, 0) is 0 Å². The zero-order valence-electron chi connectivity index (χ0n) is 10.4. The fraction of sp³-hybridized carbons (Fsp3) is 1.00. The quantitative estimate of drug-likeness (QED) is 0.812. The van der Waals surface area contributed by atoms with Crippen molar-refractivity contribution in [2.24, 2.45) is 5.92 Å². The minimum atomic E-state index is 0.561. The molecule has 3 heteroatoms. The fourth-order valence-corrected chi connectivity index (χ4v) is 4.58. The maximum absolute atomic E-state index is 3.70. The highest BCUT2D eigenvalue weighted by molar-refractivity contribution is 8.00. The Hall–Kier alpha value is 0.270. The van der Waals surface area contributed by atoms with Crippen LogP contribution in [0, 0.1) is 5.92 Å². The summed E-state index contributed by atoms with van der Waals surface area (Å²) in [6.45, 7) is 7.57. The number of nitrogens with one attached hydrogen (secondary N) is 1. The summed E-state index contributed by atoms with van der Waals surface area (Å²) in [5.74, 6) is 2.39. The average Bonchev–Trinajstić information content (AvgIpc) is 3.03. The van der Waals surface area contributed by atoms with Gasteiger partial charge in [0.2, 0.25) is 0 Å². The van der Waals surface area contributed by atoms with Gasteiger partial charge in [-0.25, -0.2) is 0 Å². The van der Waals surface area contributed by atoms with Gasteiger partial charge in [0.25, 0.3) is 0 Å². The molecule has 92 valence electrons. The zero-order chi connectivity index (χ0) is 11.0. The zero-order valence-corrected chi connectivity index (χ0v) is 11.2. The molecule has 1 aliphatic carbocycles. The molecule has 0 spiro atoms. The van der Waals surface area contributed by atoms with E-state index in [1.54, 1.807) is 0 Å². The lowest BCUT2D eigenvalue weighted by atomic mass is 10.0. The van der Waals surface area contributed by atoms with Crippen molar-refractivity contribution < 1.29 is 0 Å². The predicted octanol–water partition coefficient (Wildman–Crippen LogP) is 1.96.